The summed E-state index contributed by atoms with van der Waals surface area (Å²) in [4.78, 5) is 0. The first-order valence-electron chi connectivity index (χ1n) is 17.2. The molecule has 0 amide bonds. The largest absolute Gasteiger partial charge is 0.414 e. The van der Waals surface area contributed by atoms with Crippen molar-refractivity contribution in [3.63, 3.8) is 0 Å². The van der Waals surface area contributed by atoms with Crippen LogP contribution in [-0.4, -0.2) is 30.3 Å². The summed E-state index contributed by atoms with van der Waals surface area (Å²) in [7, 11) is -4.92. The first-order chi connectivity index (χ1) is 18.2. The molecule has 0 aromatic rings. The van der Waals surface area contributed by atoms with Gasteiger partial charge in [0.1, 0.15) is 0 Å². The van der Waals surface area contributed by atoms with Gasteiger partial charge in [0.05, 0.1) is 0 Å². The van der Waals surface area contributed by atoms with Crippen molar-refractivity contribution < 1.29 is 13.0 Å². The molecule has 0 radical (unpaired) electrons. The summed E-state index contributed by atoms with van der Waals surface area (Å²) in [6.45, 7) is 6.52. The smallest absolute Gasteiger partial charge is 0.335 e. The van der Waals surface area contributed by atoms with Crippen molar-refractivity contribution in [2.75, 3.05) is 13.2 Å². The van der Waals surface area contributed by atoms with Crippen LogP contribution in [0.3, 0.4) is 0 Å². The van der Waals surface area contributed by atoms with Gasteiger partial charge in [-0.3, -0.25) is 0 Å². The second-order valence-electron chi connectivity index (χ2n) is 13.3. The van der Waals surface area contributed by atoms with Crippen LogP contribution in [0.25, 0.3) is 0 Å². The average molecular weight is 551 g/mol. The molecule has 0 N–H and O–H groups in total. The Bertz CT molecular complexity index is 517. The topological polar surface area (TPSA) is 27.7 Å². The number of hydrogen-bond acceptors (Lipinski definition) is 3. The lowest BCUT2D eigenvalue weighted by Crippen LogP contribution is -2.64. The zero-order chi connectivity index (χ0) is 25.8. The Hall–Kier alpha value is 0.314. The molecule has 216 valence electrons. The average Bonchev–Trinajstić information content (AvgIpc) is 2.98. The van der Waals surface area contributed by atoms with Crippen LogP contribution in [0.15, 0.2) is 0 Å². The summed E-state index contributed by atoms with van der Waals surface area (Å²) < 4.78 is 23.2. The van der Waals surface area contributed by atoms with Crippen LogP contribution < -0.4 is 0 Å². The highest BCUT2D eigenvalue weighted by molar-refractivity contribution is 6.84. The van der Waals surface area contributed by atoms with E-state index in [-0.39, 0.29) is 0 Å². The number of unbranched alkanes of at least 4 members (excludes halogenated alkanes) is 2. The molecule has 4 aliphatic carbocycles. The predicted molar refractivity (Wildman–Crippen MR) is 162 cm³/mol. The van der Waals surface area contributed by atoms with Gasteiger partial charge in [0, 0.05) is 35.4 Å². The van der Waals surface area contributed by atoms with Gasteiger partial charge in [-0.2, -0.15) is 0 Å². The minimum Gasteiger partial charge on any atom is -0.414 e. The summed E-state index contributed by atoms with van der Waals surface area (Å²) in [5, 5.41) is 0. The predicted octanol–water partition coefficient (Wildman–Crippen LogP) is 10.9. The molecule has 0 saturated heterocycles. The third kappa shape index (κ3) is 7.74. The Morgan fingerprint density at radius 1 is 0.432 bits per heavy atom. The van der Waals surface area contributed by atoms with Crippen molar-refractivity contribution in [1.82, 2.24) is 0 Å². The molecule has 0 atom stereocenters. The van der Waals surface area contributed by atoms with Crippen LogP contribution in [0, 0.1) is 0 Å². The molecular formula is C32H62O3Si2. The first kappa shape index (κ1) is 30.3. The molecule has 0 aromatic carbocycles. The van der Waals surface area contributed by atoms with Crippen LogP contribution in [0.1, 0.15) is 168 Å². The molecule has 4 rings (SSSR count). The molecule has 0 unspecified atom stereocenters. The quantitative estimate of drug-likeness (QED) is 0.159. The van der Waals surface area contributed by atoms with E-state index in [2.05, 4.69) is 13.8 Å². The van der Waals surface area contributed by atoms with Crippen LogP contribution in [0.2, 0.25) is 22.2 Å². The van der Waals surface area contributed by atoms with Gasteiger partial charge < -0.3 is 13.0 Å². The molecule has 0 heterocycles. The monoisotopic (exact) mass is 550 g/mol. The van der Waals surface area contributed by atoms with Crippen molar-refractivity contribution >= 4 is 17.1 Å². The molecule has 3 nitrogen and oxygen atoms in total. The van der Waals surface area contributed by atoms with Crippen LogP contribution >= 0.6 is 0 Å². The van der Waals surface area contributed by atoms with Gasteiger partial charge in [-0.25, -0.2) is 0 Å². The minimum atomic E-state index is -2.46. The lowest BCUT2D eigenvalue weighted by Gasteiger charge is -2.54. The molecule has 5 heteroatoms. The van der Waals surface area contributed by atoms with Gasteiger partial charge in [-0.05, 0) is 64.2 Å². The Labute approximate surface area is 233 Å². The third-order valence-corrected chi connectivity index (χ3v) is 21.4. The molecule has 37 heavy (non-hydrogen) atoms. The summed E-state index contributed by atoms with van der Waals surface area (Å²) in [5.41, 5.74) is 2.81. The Morgan fingerprint density at radius 3 is 0.946 bits per heavy atom. The zero-order valence-electron chi connectivity index (χ0n) is 24.9. The summed E-state index contributed by atoms with van der Waals surface area (Å²) >= 11 is 0. The second-order valence-corrected chi connectivity index (χ2v) is 20.8. The minimum absolute atomic E-state index is 0.704. The van der Waals surface area contributed by atoms with Crippen LogP contribution in [0.4, 0.5) is 0 Å². The van der Waals surface area contributed by atoms with E-state index in [1.54, 1.807) is 0 Å². The molecule has 0 aromatic heterocycles. The molecule has 0 bridgehead atoms. The van der Waals surface area contributed by atoms with Crippen molar-refractivity contribution in [2.24, 2.45) is 0 Å². The SMILES string of the molecule is CCCCO[Si](O[Si](OCCCC)(C1CCCCC1)C1CCCCC1)(C1CCCCC1)C1CCCCC1. The normalized spacial score (nSPS) is 24.5. The van der Waals surface area contributed by atoms with Crippen molar-refractivity contribution in [3.05, 3.63) is 0 Å². The van der Waals surface area contributed by atoms with E-state index < -0.39 is 17.1 Å². The van der Waals surface area contributed by atoms with E-state index in [4.69, 9.17) is 13.0 Å². The highest BCUT2D eigenvalue weighted by atomic mass is 28.5. The Kier molecular flexibility index (Phi) is 13.0. The summed E-state index contributed by atoms with van der Waals surface area (Å²) in [5.74, 6) is 0. The maximum atomic E-state index is 8.31. The number of hydrogen-bond donors (Lipinski definition) is 0. The van der Waals surface area contributed by atoms with Gasteiger partial charge in [0.2, 0.25) is 0 Å². The summed E-state index contributed by atoms with van der Waals surface area (Å²) in [6, 6.07) is 0. The molecule has 4 aliphatic rings. The van der Waals surface area contributed by atoms with E-state index in [9.17, 15) is 0 Å². The van der Waals surface area contributed by atoms with E-state index in [1.165, 1.54) is 154 Å². The maximum absolute atomic E-state index is 8.31. The van der Waals surface area contributed by atoms with Gasteiger partial charge in [0.15, 0.2) is 0 Å². The van der Waals surface area contributed by atoms with Crippen molar-refractivity contribution in [2.45, 2.75) is 190 Å². The molecule has 4 saturated carbocycles. The van der Waals surface area contributed by atoms with E-state index >= 15 is 0 Å². The van der Waals surface area contributed by atoms with Crippen LogP contribution in [-0.2, 0) is 13.0 Å². The second kappa shape index (κ2) is 15.9. The van der Waals surface area contributed by atoms with Crippen molar-refractivity contribution in [1.29, 1.82) is 0 Å². The maximum Gasteiger partial charge on any atom is 0.335 e. The molecule has 0 aliphatic heterocycles. The number of rotatable bonds is 14. The summed E-state index contributed by atoms with van der Waals surface area (Å²) in [6.07, 6.45) is 32.6. The van der Waals surface area contributed by atoms with E-state index in [0.717, 1.165) is 13.2 Å². The third-order valence-electron chi connectivity index (χ3n) is 10.7. The fourth-order valence-corrected chi connectivity index (χ4v) is 21.7. The van der Waals surface area contributed by atoms with Gasteiger partial charge in [0.25, 0.3) is 0 Å². The highest BCUT2D eigenvalue weighted by Crippen LogP contribution is 2.56. The van der Waals surface area contributed by atoms with E-state index in [0.29, 0.717) is 22.2 Å². The van der Waals surface area contributed by atoms with Crippen LogP contribution in [0.5, 0.6) is 0 Å². The fraction of sp³-hybridized carbons (Fsp3) is 1.00. The molecule has 0 spiro atoms. The standard InChI is InChI=1S/C32H62O3Si2/c1-3-5-27-33-36(29-19-11-7-12-20-29,30-21-13-8-14-22-30)35-37(34-28-6-4-2,31-23-15-9-16-24-31)32-25-17-10-18-26-32/h29-32H,3-28H2,1-2H3. The van der Waals surface area contributed by atoms with Crippen molar-refractivity contribution in [3.8, 4) is 0 Å². The molecular weight excluding hydrogens is 489 g/mol. The first-order valence-corrected chi connectivity index (χ1v) is 21.2. The molecule has 4 fully saturated rings. The zero-order valence-corrected chi connectivity index (χ0v) is 26.9. The fourth-order valence-electron chi connectivity index (χ4n) is 8.55. The highest BCUT2D eigenvalue weighted by Gasteiger charge is 2.62. The van der Waals surface area contributed by atoms with Gasteiger partial charge >= 0.3 is 17.1 Å². The van der Waals surface area contributed by atoms with Gasteiger partial charge in [-0.1, -0.05) is 104 Å². The lowest BCUT2D eigenvalue weighted by molar-refractivity contribution is 0.131. The lowest BCUT2D eigenvalue weighted by atomic mass is 9.99. The Balaban J connectivity index is 1.76. The van der Waals surface area contributed by atoms with E-state index in [1.807, 2.05) is 0 Å². The van der Waals surface area contributed by atoms with Gasteiger partial charge in [-0.15, -0.1) is 0 Å². The Morgan fingerprint density at radius 2 is 0.703 bits per heavy atom.